The van der Waals surface area contributed by atoms with Crippen molar-refractivity contribution < 1.29 is 0 Å². The molecule has 1 saturated heterocycles. The fraction of sp³-hybridized carbons (Fsp3) is 0.333. The fourth-order valence-corrected chi connectivity index (χ4v) is 3.71. The Bertz CT molecular complexity index is 593. The van der Waals surface area contributed by atoms with Gasteiger partial charge in [-0.1, -0.05) is 54.6 Å². The average molecular weight is 264 g/mol. The number of benzene rings is 2. The van der Waals surface area contributed by atoms with Gasteiger partial charge in [-0.15, -0.1) is 0 Å². The summed E-state index contributed by atoms with van der Waals surface area (Å²) in [7, 11) is 0. The van der Waals surface area contributed by atoms with Crippen molar-refractivity contribution in [1.29, 1.82) is 0 Å². The highest BCUT2D eigenvalue weighted by molar-refractivity contribution is 5.42. The van der Waals surface area contributed by atoms with Gasteiger partial charge in [-0.25, -0.2) is 0 Å². The summed E-state index contributed by atoms with van der Waals surface area (Å²) < 4.78 is 0. The van der Waals surface area contributed by atoms with Crippen molar-refractivity contribution in [3.8, 4) is 0 Å². The van der Waals surface area contributed by atoms with Gasteiger partial charge in [-0.05, 0) is 16.7 Å². The van der Waals surface area contributed by atoms with Crippen molar-refractivity contribution in [3.63, 3.8) is 0 Å². The lowest BCUT2D eigenvalue weighted by atomic mass is 9.81. The molecule has 2 aromatic carbocycles. The molecule has 0 spiro atoms. The van der Waals surface area contributed by atoms with Crippen LogP contribution in [0.4, 0.5) is 0 Å². The van der Waals surface area contributed by atoms with E-state index in [1.807, 2.05) is 0 Å². The molecule has 0 saturated carbocycles. The van der Waals surface area contributed by atoms with Crippen LogP contribution in [0.1, 0.15) is 28.7 Å². The quantitative estimate of drug-likeness (QED) is 0.852. The number of hydrogen-bond donors (Lipinski definition) is 1. The standard InChI is InChI=1S/C18H20N2/c1-2-6-14(7-3-1)17-13-20-11-10-19-12-18(20)16-9-5-4-8-15(16)17/h1-9,17-19H,10-13H2. The molecule has 0 radical (unpaired) electrons. The molecule has 2 aromatic rings. The molecule has 0 aliphatic carbocycles. The molecule has 2 unspecified atom stereocenters. The number of hydrogen-bond acceptors (Lipinski definition) is 2. The Morgan fingerprint density at radius 2 is 1.65 bits per heavy atom. The Labute approximate surface area is 120 Å². The second kappa shape index (κ2) is 5.04. The van der Waals surface area contributed by atoms with Crippen molar-refractivity contribution in [2.24, 2.45) is 0 Å². The smallest absolute Gasteiger partial charge is 0.0476 e. The van der Waals surface area contributed by atoms with E-state index >= 15 is 0 Å². The highest BCUT2D eigenvalue weighted by Gasteiger charge is 2.34. The minimum Gasteiger partial charge on any atom is -0.314 e. The van der Waals surface area contributed by atoms with Crippen LogP contribution in [0.15, 0.2) is 54.6 Å². The number of fused-ring (bicyclic) bond motifs is 3. The first kappa shape index (κ1) is 12.1. The van der Waals surface area contributed by atoms with Crippen LogP contribution in [0, 0.1) is 0 Å². The van der Waals surface area contributed by atoms with E-state index in [0.29, 0.717) is 12.0 Å². The van der Waals surface area contributed by atoms with Gasteiger partial charge in [0.1, 0.15) is 0 Å². The van der Waals surface area contributed by atoms with E-state index in [2.05, 4.69) is 64.8 Å². The predicted molar refractivity (Wildman–Crippen MR) is 81.9 cm³/mol. The van der Waals surface area contributed by atoms with E-state index in [4.69, 9.17) is 0 Å². The minimum absolute atomic E-state index is 0.516. The van der Waals surface area contributed by atoms with Crippen LogP contribution in [0.25, 0.3) is 0 Å². The van der Waals surface area contributed by atoms with Crippen LogP contribution < -0.4 is 5.32 Å². The SMILES string of the molecule is c1ccc(C2CN3CCNCC3c3ccccc32)cc1. The number of nitrogens with zero attached hydrogens (tertiary/aromatic N) is 1. The Morgan fingerprint density at radius 1 is 0.900 bits per heavy atom. The third-order valence-electron chi connectivity index (χ3n) is 4.70. The van der Waals surface area contributed by atoms with Crippen LogP contribution >= 0.6 is 0 Å². The predicted octanol–water partition coefficient (Wildman–Crippen LogP) is 2.78. The highest BCUT2D eigenvalue weighted by Crippen LogP contribution is 2.39. The lowest BCUT2D eigenvalue weighted by Gasteiger charge is -2.44. The first-order valence-electron chi connectivity index (χ1n) is 7.52. The molecule has 2 aliphatic heterocycles. The maximum atomic E-state index is 3.54. The van der Waals surface area contributed by atoms with Crippen LogP contribution in [0.3, 0.4) is 0 Å². The van der Waals surface area contributed by atoms with Crippen molar-refractivity contribution in [2.75, 3.05) is 26.2 Å². The molecule has 102 valence electrons. The summed E-state index contributed by atoms with van der Waals surface area (Å²) in [6, 6.07) is 20.5. The third kappa shape index (κ3) is 1.96. The number of nitrogens with one attached hydrogen (secondary N) is 1. The molecule has 2 aliphatic rings. The molecule has 1 N–H and O–H groups in total. The minimum atomic E-state index is 0.516. The lowest BCUT2D eigenvalue weighted by molar-refractivity contribution is 0.143. The van der Waals surface area contributed by atoms with Gasteiger partial charge >= 0.3 is 0 Å². The number of rotatable bonds is 1. The van der Waals surface area contributed by atoms with E-state index in [-0.39, 0.29) is 0 Å². The summed E-state index contributed by atoms with van der Waals surface area (Å²) in [5.41, 5.74) is 4.47. The Morgan fingerprint density at radius 3 is 2.50 bits per heavy atom. The van der Waals surface area contributed by atoms with Crippen LogP contribution in [-0.2, 0) is 0 Å². The maximum absolute atomic E-state index is 3.54. The molecular formula is C18H20N2. The molecule has 2 heteroatoms. The zero-order chi connectivity index (χ0) is 13.4. The monoisotopic (exact) mass is 264 g/mol. The summed E-state index contributed by atoms with van der Waals surface area (Å²) in [6.45, 7) is 4.49. The Kier molecular flexibility index (Phi) is 3.06. The zero-order valence-electron chi connectivity index (χ0n) is 11.6. The topological polar surface area (TPSA) is 15.3 Å². The second-order valence-corrected chi connectivity index (χ2v) is 5.81. The molecule has 20 heavy (non-hydrogen) atoms. The van der Waals surface area contributed by atoms with Crippen molar-refractivity contribution in [3.05, 3.63) is 71.3 Å². The molecule has 0 aromatic heterocycles. The van der Waals surface area contributed by atoms with Crippen molar-refractivity contribution >= 4 is 0 Å². The van der Waals surface area contributed by atoms with E-state index in [1.165, 1.54) is 16.7 Å². The van der Waals surface area contributed by atoms with E-state index < -0.39 is 0 Å². The van der Waals surface area contributed by atoms with E-state index in [9.17, 15) is 0 Å². The highest BCUT2D eigenvalue weighted by atomic mass is 15.2. The fourth-order valence-electron chi connectivity index (χ4n) is 3.71. The normalized spacial score (nSPS) is 25.8. The van der Waals surface area contributed by atoms with Gasteiger partial charge < -0.3 is 5.32 Å². The van der Waals surface area contributed by atoms with Gasteiger partial charge in [-0.3, -0.25) is 4.90 Å². The van der Waals surface area contributed by atoms with Gasteiger partial charge in [0, 0.05) is 38.1 Å². The molecule has 2 nitrogen and oxygen atoms in total. The van der Waals surface area contributed by atoms with Gasteiger partial charge in [-0.2, -0.15) is 0 Å². The average Bonchev–Trinajstić information content (AvgIpc) is 2.55. The largest absolute Gasteiger partial charge is 0.314 e. The van der Waals surface area contributed by atoms with Crippen LogP contribution in [0.5, 0.6) is 0 Å². The third-order valence-corrected chi connectivity index (χ3v) is 4.70. The van der Waals surface area contributed by atoms with Gasteiger partial charge in [0.05, 0.1) is 0 Å². The zero-order valence-corrected chi connectivity index (χ0v) is 11.6. The summed E-state index contributed by atoms with van der Waals surface area (Å²) in [6.07, 6.45) is 0. The summed E-state index contributed by atoms with van der Waals surface area (Å²) in [5.74, 6) is 0.516. The van der Waals surface area contributed by atoms with Gasteiger partial charge in [0.2, 0.25) is 0 Å². The first-order valence-corrected chi connectivity index (χ1v) is 7.52. The molecule has 1 fully saturated rings. The summed E-state index contributed by atoms with van der Waals surface area (Å²) in [4.78, 5) is 2.65. The van der Waals surface area contributed by atoms with Crippen molar-refractivity contribution in [1.82, 2.24) is 10.2 Å². The molecular weight excluding hydrogens is 244 g/mol. The maximum Gasteiger partial charge on any atom is 0.0476 e. The van der Waals surface area contributed by atoms with Crippen LogP contribution in [0.2, 0.25) is 0 Å². The van der Waals surface area contributed by atoms with Gasteiger partial charge in [0.25, 0.3) is 0 Å². The van der Waals surface area contributed by atoms with Crippen molar-refractivity contribution in [2.45, 2.75) is 12.0 Å². The van der Waals surface area contributed by atoms with Crippen LogP contribution in [-0.4, -0.2) is 31.1 Å². The van der Waals surface area contributed by atoms with E-state index in [1.54, 1.807) is 0 Å². The van der Waals surface area contributed by atoms with E-state index in [0.717, 1.165) is 26.2 Å². The first-order chi connectivity index (χ1) is 9.93. The summed E-state index contributed by atoms with van der Waals surface area (Å²) >= 11 is 0. The molecule has 2 heterocycles. The molecule has 2 atom stereocenters. The summed E-state index contributed by atoms with van der Waals surface area (Å²) in [5, 5.41) is 3.54. The second-order valence-electron chi connectivity index (χ2n) is 5.81. The lowest BCUT2D eigenvalue weighted by Crippen LogP contribution is -2.50. The Hall–Kier alpha value is -1.64. The molecule has 4 rings (SSSR count). The molecule has 0 amide bonds. The Balaban J connectivity index is 1.81. The number of piperazine rings is 1. The molecule has 0 bridgehead atoms. The van der Waals surface area contributed by atoms with Gasteiger partial charge in [0.15, 0.2) is 0 Å².